The van der Waals surface area contributed by atoms with E-state index in [1.807, 2.05) is 20.8 Å². The quantitative estimate of drug-likeness (QED) is 0.328. The molecule has 218 valence electrons. The fourth-order valence-electron chi connectivity index (χ4n) is 7.08. The molecule has 0 bridgehead atoms. The number of urea groups is 1. The number of piperidine rings is 1. The molecule has 4 fully saturated rings. The Morgan fingerprint density at radius 2 is 1.59 bits per heavy atom. The lowest BCUT2D eigenvalue weighted by Gasteiger charge is -2.37. The molecule has 0 radical (unpaired) electrons. The Hall–Kier alpha value is -2.65. The lowest BCUT2D eigenvalue weighted by Crippen LogP contribution is -2.61. The molecule has 0 spiro atoms. The average molecular weight is 546 g/mol. The second-order valence-electron chi connectivity index (χ2n) is 13.9. The number of ketones is 1. The van der Waals surface area contributed by atoms with E-state index in [1.54, 1.807) is 4.90 Å². The molecule has 5 amide bonds. The van der Waals surface area contributed by atoms with Crippen LogP contribution in [0.15, 0.2) is 0 Å². The van der Waals surface area contributed by atoms with E-state index >= 15 is 0 Å². The van der Waals surface area contributed by atoms with Crippen LogP contribution in [0.2, 0.25) is 0 Å². The van der Waals surface area contributed by atoms with E-state index in [-0.39, 0.29) is 35.0 Å². The van der Waals surface area contributed by atoms with Gasteiger partial charge in [0, 0.05) is 12.1 Å². The number of amides is 5. The van der Waals surface area contributed by atoms with Gasteiger partial charge in [0.15, 0.2) is 0 Å². The molecule has 0 aromatic rings. The number of hydrogen-bond donors (Lipinski definition) is 4. The number of Topliss-reactive ketones (excluding diaryl/α,β-unsaturated/α-hetero) is 1. The van der Waals surface area contributed by atoms with Crippen molar-refractivity contribution in [1.82, 2.24) is 20.9 Å². The summed E-state index contributed by atoms with van der Waals surface area (Å²) in [6.07, 6.45) is 8.13. The molecule has 39 heavy (non-hydrogen) atoms. The monoisotopic (exact) mass is 545 g/mol. The van der Waals surface area contributed by atoms with E-state index in [4.69, 9.17) is 5.73 Å². The Bertz CT molecular complexity index is 995. The second-order valence-corrected chi connectivity index (χ2v) is 13.9. The van der Waals surface area contributed by atoms with Crippen molar-refractivity contribution >= 4 is 29.5 Å². The summed E-state index contributed by atoms with van der Waals surface area (Å²) in [4.78, 5) is 66.9. The maximum Gasteiger partial charge on any atom is 0.315 e. The maximum absolute atomic E-state index is 14.2. The van der Waals surface area contributed by atoms with Crippen LogP contribution in [0, 0.1) is 29.1 Å². The molecule has 1 heterocycles. The van der Waals surface area contributed by atoms with E-state index in [9.17, 15) is 24.0 Å². The van der Waals surface area contributed by atoms with Gasteiger partial charge in [-0.3, -0.25) is 19.2 Å². The Morgan fingerprint density at radius 3 is 2.13 bits per heavy atom. The third kappa shape index (κ3) is 6.40. The smallest absolute Gasteiger partial charge is 0.315 e. The second kappa shape index (κ2) is 11.1. The molecule has 10 nitrogen and oxygen atoms in total. The molecular weight excluding hydrogens is 498 g/mol. The standard InChI is InChI=1S/C29H47N5O5/c1-28(2,3)33-27(39)32-21(17-12-7-6-8-13-17)26(38)34-15-18-20(29(18,4)5)22(34)25(37)31-19(23(35)24(30)36)14-16-10-9-11-16/h16-22H,6-15H2,1-5H3,(H2,30,36)(H,31,37)(H2,32,33,39)/t18-,19?,20-,21-,22-/m0/s1. The minimum atomic E-state index is -1.06. The van der Waals surface area contributed by atoms with Crippen molar-refractivity contribution < 1.29 is 24.0 Å². The number of primary amides is 1. The number of rotatable bonds is 9. The molecule has 5 atom stereocenters. The molecule has 0 aromatic carbocycles. The molecule has 1 unspecified atom stereocenters. The van der Waals surface area contributed by atoms with Gasteiger partial charge in [0.25, 0.3) is 5.91 Å². The first-order valence-corrected chi connectivity index (χ1v) is 14.7. The van der Waals surface area contributed by atoms with Crippen molar-refractivity contribution in [2.75, 3.05) is 6.54 Å². The van der Waals surface area contributed by atoms with Crippen molar-refractivity contribution in [3.8, 4) is 0 Å². The lowest BCUT2D eigenvalue weighted by molar-refractivity contribution is -0.144. The Kier molecular flexibility index (Phi) is 8.34. The molecule has 3 saturated carbocycles. The first-order chi connectivity index (χ1) is 18.2. The highest BCUT2D eigenvalue weighted by molar-refractivity contribution is 6.37. The largest absolute Gasteiger partial charge is 0.363 e. The molecule has 1 saturated heterocycles. The number of nitrogens with zero attached hydrogens (tertiary/aromatic N) is 1. The van der Waals surface area contributed by atoms with Gasteiger partial charge in [0.1, 0.15) is 12.1 Å². The summed E-state index contributed by atoms with van der Waals surface area (Å²) in [7, 11) is 0. The first kappa shape index (κ1) is 29.3. The van der Waals surface area contributed by atoms with Gasteiger partial charge in [-0.05, 0) is 69.1 Å². The zero-order valence-electron chi connectivity index (χ0n) is 24.2. The van der Waals surface area contributed by atoms with E-state index in [0.29, 0.717) is 13.0 Å². The summed E-state index contributed by atoms with van der Waals surface area (Å²) < 4.78 is 0. The van der Waals surface area contributed by atoms with Crippen LogP contribution < -0.4 is 21.7 Å². The molecule has 4 aliphatic rings. The lowest BCUT2D eigenvalue weighted by atomic mass is 9.80. The van der Waals surface area contributed by atoms with Gasteiger partial charge in [-0.2, -0.15) is 0 Å². The molecule has 4 rings (SSSR count). The molecule has 1 aliphatic heterocycles. The minimum Gasteiger partial charge on any atom is -0.363 e. The van der Waals surface area contributed by atoms with Crippen LogP contribution >= 0.6 is 0 Å². The summed E-state index contributed by atoms with van der Waals surface area (Å²) in [6, 6.07) is -2.88. The third-order valence-corrected chi connectivity index (χ3v) is 9.59. The Morgan fingerprint density at radius 1 is 0.949 bits per heavy atom. The summed E-state index contributed by atoms with van der Waals surface area (Å²) in [5.74, 6) is -2.14. The van der Waals surface area contributed by atoms with Gasteiger partial charge in [0.2, 0.25) is 17.6 Å². The number of carbonyl (C=O) groups is 5. The van der Waals surface area contributed by atoms with Crippen molar-refractivity contribution in [1.29, 1.82) is 0 Å². The fourth-order valence-corrected chi connectivity index (χ4v) is 7.08. The SMILES string of the molecule is CC(C)(C)NC(=O)N[C@H](C(=O)N1C[C@H]2[C@@H]([C@H]1C(=O)NC(CC1CCC1)C(=O)C(N)=O)C2(C)C)C1CCCCC1. The summed E-state index contributed by atoms with van der Waals surface area (Å²) in [5, 5.41) is 8.68. The summed E-state index contributed by atoms with van der Waals surface area (Å²) in [5.41, 5.74) is 4.74. The number of hydrogen-bond acceptors (Lipinski definition) is 5. The zero-order valence-corrected chi connectivity index (χ0v) is 24.2. The van der Waals surface area contributed by atoms with Gasteiger partial charge in [0.05, 0.1) is 6.04 Å². The molecule has 10 heteroatoms. The van der Waals surface area contributed by atoms with E-state index < -0.39 is 47.3 Å². The normalized spacial score (nSPS) is 27.9. The zero-order chi connectivity index (χ0) is 28.7. The van der Waals surface area contributed by atoms with E-state index in [0.717, 1.165) is 51.4 Å². The van der Waals surface area contributed by atoms with Crippen molar-refractivity contribution in [2.45, 2.75) is 116 Å². The highest BCUT2D eigenvalue weighted by Gasteiger charge is 2.69. The van der Waals surface area contributed by atoms with Gasteiger partial charge in [-0.1, -0.05) is 52.4 Å². The van der Waals surface area contributed by atoms with Crippen LogP contribution in [-0.4, -0.2) is 64.6 Å². The van der Waals surface area contributed by atoms with Crippen LogP contribution in [0.1, 0.15) is 92.4 Å². The fraction of sp³-hybridized carbons (Fsp3) is 0.828. The predicted octanol–water partition coefficient (Wildman–Crippen LogP) is 2.25. The topological polar surface area (TPSA) is 151 Å². The number of fused-ring (bicyclic) bond motifs is 1. The van der Waals surface area contributed by atoms with E-state index in [2.05, 4.69) is 29.8 Å². The highest BCUT2D eigenvalue weighted by atomic mass is 16.2. The number of carbonyl (C=O) groups excluding carboxylic acids is 5. The number of nitrogens with two attached hydrogens (primary N) is 1. The van der Waals surface area contributed by atoms with Gasteiger partial charge >= 0.3 is 6.03 Å². The molecular formula is C29H47N5O5. The molecule has 3 aliphatic carbocycles. The van der Waals surface area contributed by atoms with Crippen LogP contribution in [0.5, 0.6) is 0 Å². The van der Waals surface area contributed by atoms with Crippen LogP contribution in [0.4, 0.5) is 4.79 Å². The molecule has 5 N–H and O–H groups in total. The van der Waals surface area contributed by atoms with Gasteiger partial charge in [-0.25, -0.2) is 4.79 Å². The number of likely N-dealkylation sites (tertiary alicyclic amines) is 1. The highest BCUT2D eigenvalue weighted by Crippen LogP contribution is 2.65. The van der Waals surface area contributed by atoms with Crippen molar-refractivity contribution in [2.24, 2.45) is 34.8 Å². The van der Waals surface area contributed by atoms with Crippen LogP contribution in [0.25, 0.3) is 0 Å². The molecule has 0 aromatic heterocycles. The van der Waals surface area contributed by atoms with Gasteiger partial charge in [-0.15, -0.1) is 0 Å². The third-order valence-electron chi connectivity index (χ3n) is 9.59. The van der Waals surface area contributed by atoms with E-state index in [1.165, 1.54) is 0 Å². The van der Waals surface area contributed by atoms with Gasteiger partial charge < -0.3 is 26.6 Å². The number of nitrogens with one attached hydrogen (secondary N) is 3. The van der Waals surface area contributed by atoms with Crippen LogP contribution in [-0.2, 0) is 19.2 Å². The Labute approximate surface area is 231 Å². The van der Waals surface area contributed by atoms with Crippen molar-refractivity contribution in [3.63, 3.8) is 0 Å². The average Bonchev–Trinajstić information content (AvgIpc) is 3.15. The maximum atomic E-state index is 14.2. The Balaban J connectivity index is 1.55. The summed E-state index contributed by atoms with van der Waals surface area (Å²) >= 11 is 0. The predicted molar refractivity (Wildman–Crippen MR) is 146 cm³/mol. The van der Waals surface area contributed by atoms with Crippen LogP contribution in [0.3, 0.4) is 0 Å². The minimum absolute atomic E-state index is 0.00609. The first-order valence-electron chi connectivity index (χ1n) is 14.7. The van der Waals surface area contributed by atoms with Crippen molar-refractivity contribution in [3.05, 3.63) is 0 Å². The summed E-state index contributed by atoms with van der Waals surface area (Å²) in [6.45, 7) is 10.3.